The summed E-state index contributed by atoms with van der Waals surface area (Å²) in [6, 6.07) is 0. The van der Waals surface area contributed by atoms with Gasteiger partial charge in [0, 0.05) is 6.54 Å². The Bertz CT molecular complexity index is 353. The van der Waals surface area contributed by atoms with Gasteiger partial charge in [-0.15, -0.1) is 0 Å². The van der Waals surface area contributed by atoms with E-state index < -0.39 is 24.0 Å². The van der Waals surface area contributed by atoms with Gasteiger partial charge in [0.2, 0.25) is 5.91 Å². The number of amides is 1. The van der Waals surface area contributed by atoms with Gasteiger partial charge in [0.1, 0.15) is 6.54 Å². The molecule has 0 saturated heterocycles. The molecule has 0 atom stereocenters. The smallest absolute Gasteiger partial charge is 0.392 e. The second-order valence-corrected chi connectivity index (χ2v) is 5.73. The largest absolute Gasteiger partial charge is 0.406 e. The molecule has 21 heavy (non-hydrogen) atoms. The van der Waals surface area contributed by atoms with Gasteiger partial charge in [-0.3, -0.25) is 4.79 Å². The molecule has 0 radical (unpaired) electrons. The Morgan fingerprint density at radius 2 is 1.57 bits per heavy atom. The Hall–Kier alpha value is -0.850. The van der Waals surface area contributed by atoms with Crippen LogP contribution in [-0.2, 0) is 4.79 Å². The van der Waals surface area contributed by atoms with E-state index in [1.807, 2.05) is 13.8 Å². The second-order valence-electron chi connectivity index (χ2n) is 5.29. The molecule has 1 amide bonds. The van der Waals surface area contributed by atoms with Crippen molar-refractivity contribution in [2.75, 3.05) is 13.1 Å². The predicted molar refractivity (Wildman–Crippen MR) is 82.0 cm³/mol. The Balaban J connectivity index is 5.51. The van der Waals surface area contributed by atoms with Crippen LogP contribution in [0.1, 0.15) is 52.9 Å². The van der Waals surface area contributed by atoms with Crippen molar-refractivity contribution in [1.29, 1.82) is 0 Å². The number of hydrogen-bond donors (Lipinski definition) is 1. The van der Waals surface area contributed by atoms with E-state index in [0.29, 0.717) is 32.1 Å². The number of nitrogens with zero attached hydrogens (tertiary/aromatic N) is 1. The summed E-state index contributed by atoms with van der Waals surface area (Å²) >= 11 is 5.03. The number of carbonyl (C=O) groups excluding carboxylic acids is 1. The summed E-state index contributed by atoms with van der Waals surface area (Å²) in [7, 11) is 0. The van der Waals surface area contributed by atoms with Crippen LogP contribution in [0.2, 0.25) is 0 Å². The van der Waals surface area contributed by atoms with Crippen LogP contribution in [0.15, 0.2) is 0 Å². The van der Waals surface area contributed by atoms with Crippen molar-refractivity contribution in [3.63, 3.8) is 0 Å². The zero-order chi connectivity index (χ0) is 16.7. The van der Waals surface area contributed by atoms with Crippen LogP contribution in [0, 0.1) is 5.41 Å². The maximum atomic E-state index is 12.7. The highest BCUT2D eigenvalue weighted by molar-refractivity contribution is 7.80. The summed E-state index contributed by atoms with van der Waals surface area (Å²) in [5.74, 6) is -0.585. The molecule has 124 valence electrons. The van der Waals surface area contributed by atoms with E-state index in [-0.39, 0.29) is 11.5 Å². The lowest BCUT2D eigenvalue weighted by atomic mass is 9.77. The molecular formula is C14H25F3N2OS. The van der Waals surface area contributed by atoms with Crippen molar-refractivity contribution in [3.05, 3.63) is 0 Å². The minimum Gasteiger partial charge on any atom is -0.392 e. The van der Waals surface area contributed by atoms with E-state index in [1.165, 1.54) is 0 Å². The minimum absolute atomic E-state index is 0.000484. The number of rotatable bonds is 9. The van der Waals surface area contributed by atoms with Crippen molar-refractivity contribution >= 4 is 23.1 Å². The predicted octanol–water partition coefficient (Wildman–Crippen LogP) is 3.66. The van der Waals surface area contributed by atoms with Gasteiger partial charge in [-0.1, -0.05) is 45.8 Å². The Morgan fingerprint density at radius 3 is 1.86 bits per heavy atom. The van der Waals surface area contributed by atoms with Crippen LogP contribution in [0.4, 0.5) is 13.2 Å². The van der Waals surface area contributed by atoms with Crippen molar-refractivity contribution in [2.45, 2.75) is 59.1 Å². The first kappa shape index (κ1) is 20.1. The highest BCUT2D eigenvalue weighted by Gasteiger charge is 2.44. The molecule has 0 aromatic carbocycles. The Kier molecular flexibility index (Phi) is 8.21. The van der Waals surface area contributed by atoms with E-state index in [9.17, 15) is 18.0 Å². The molecule has 2 N–H and O–H groups in total. The molecule has 3 nitrogen and oxygen atoms in total. The van der Waals surface area contributed by atoms with Crippen LogP contribution < -0.4 is 5.73 Å². The van der Waals surface area contributed by atoms with Crippen molar-refractivity contribution in [3.8, 4) is 0 Å². The van der Waals surface area contributed by atoms with Crippen LogP contribution >= 0.6 is 12.2 Å². The number of carbonyl (C=O) groups is 1. The van der Waals surface area contributed by atoms with Gasteiger partial charge < -0.3 is 10.6 Å². The summed E-state index contributed by atoms with van der Waals surface area (Å²) in [6.07, 6.45) is -1.94. The van der Waals surface area contributed by atoms with Crippen molar-refractivity contribution in [2.24, 2.45) is 11.1 Å². The summed E-state index contributed by atoms with van der Waals surface area (Å²) in [4.78, 5) is 13.6. The maximum Gasteiger partial charge on any atom is 0.406 e. The Morgan fingerprint density at radius 1 is 1.10 bits per heavy atom. The van der Waals surface area contributed by atoms with Gasteiger partial charge >= 0.3 is 6.18 Å². The Labute approximate surface area is 130 Å². The minimum atomic E-state index is -4.43. The monoisotopic (exact) mass is 326 g/mol. The van der Waals surface area contributed by atoms with Crippen LogP contribution in [0.5, 0.6) is 0 Å². The van der Waals surface area contributed by atoms with E-state index in [0.717, 1.165) is 4.90 Å². The summed E-state index contributed by atoms with van der Waals surface area (Å²) in [5, 5.41) is 0. The third-order valence-electron chi connectivity index (χ3n) is 3.39. The highest BCUT2D eigenvalue weighted by Crippen LogP contribution is 2.34. The van der Waals surface area contributed by atoms with Crippen molar-refractivity contribution < 1.29 is 18.0 Å². The number of halogens is 3. The SMILES string of the molecule is CCCN(CC(F)(F)F)C(=O)C(CCC)(CCC)C(N)=S. The fraction of sp³-hybridized carbons (Fsp3) is 0.857. The number of thiocarbonyl (C=S) groups is 1. The molecule has 0 aliphatic rings. The van der Waals surface area contributed by atoms with Crippen molar-refractivity contribution in [1.82, 2.24) is 4.90 Å². The second kappa shape index (κ2) is 8.56. The zero-order valence-corrected chi connectivity index (χ0v) is 13.7. The molecular weight excluding hydrogens is 301 g/mol. The first-order valence-corrected chi connectivity index (χ1v) is 7.71. The fourth-order valence-electron chi connectivity index (χ4n) is 2.59. The molecule has 0 saturated carbocycles. The molecule has 0 rings (SSSR count). The molecule has 0 aliphatic carbocycles. The summed E-state index contributed by atoms with van der Waals surface area (Å²) in [5.41, 5.74) is 4.59. The van der Waals surface area contributed by atoms with E-state index in [1.54, 1.807) is 6.92 Å². The first-order valence-electron chi connectivity index (χ1n) is 7.30. The van der Waals surface area contributed by atoms with Crippen LogP contribution in [0.3, 0.4) is 0 Å². The average molecular weight is 326 g/mol. The lowest BCUT2D eigenvalue weighted by molar-refractivity contribution is -0.166. The normalized spacial score (nSPS) is 12.3. The first-order chi connectivity index (χ1) is 9.64. The van der Waals surface area contributed by atoms with Gasteiger partial charge in [-0.2, -0.15) is 13.2 Å². The average Bonchev–Trinajstić information content (AvgIpc) is 2.35. The van der Waals surface area contributed by atoms with Crippen LogP contribution in [0.25, 0.3) is 0 Å². The molecule has 0 unspecified atom stereocenters. The lowest BCUT2D eigenvalue weighted by Gasteiger charge is -2.36. The molecule has 0 fully saturated rings. The van der Waals surface area contributed by atoms with Gasteiger partial charge in [0.25, 0.3) is 0 Å². The third-order valence-corrected chi connectivity index (χ3v) is 3.78. The number of nitrogens with two attached hydrogens (primary N) is 1. The molecule has 0 bridgehead atoms. The molecule has 7 heteroatoms. The lowest BCUT2D eigenvalue weighted by Crippen LogP contribution is -2.53. The zero-order valence-electron chi connectivity index (χ0n) is 12.9. The van der Waals surface area contributed by atoms with Gasteiger partial charge in [-0.25, -0.2) is 0 Å². The summed E-state index contributed by atoms with van der Waals surface area (Å²) < 4.78 is 38.1. The van der Waals surface area contributed by atoms with Gasteiger partial charge in [0.15, 0.2) is 0 Å². The summed E-state index contributed by atoms with van der Waals surface area (Å²) in [6.45, 7) is 4.26. The van der Waals surface area contributed by atoms with Crippen LogP contribution in [-0.4, -0.2) is 35.1 Å². The quantitative estimate of drug-likeness (QED) is 0.658. The fourth-order valence-corrected chi connectivity index (χ4v) is 2.88. The maximum absolute atomic E-state index is 12.7. The molecule has 0 aliphatic heterocycles. The molecule has 0 aromatic heterocycles. The number of hydrogen-bond acceptors (Lipinski definition) is 2. The van der Waals surface area contributed by atoms with E-state index >= 15 is 0 Å². The highest BCUT2D eigenvalue weighted by atomic mass is 32.1. The molecule has 0 aromatic rings. The molecule has 0 heterocycles. The topological polar surface area (TPSA) is 46.3 Å². The number of alkyl halides is 3. The van der Waals surface area contributed by atoms with Gasteiger partial charge in [0.05, 0.1) is 10.4 Å². The van der Waals surface area contributed by atoms with E-state index in [4.69, 9.17) is 18.0 Å². The molecule has 0 spiro atoms. The third kappa shape index (κ3) is 5.80. The standard InChI is InChI=1S/C14H25F3N2OS/c1-4-7-13(8-5-2,11(18)21)12(20)19(9-6-3)10-14(15,16)17/h4-10H2,1-3H3,(H2,18,21). The van der Waals surface area contributed by atoms with E-state index in [2.05, 4.69) is 0 Å². The van der Waals surface area contributed by atoms with Gasteiger partial charge in [-0.05, 0) is 19.3 Å².